The lowest BCUT2D eigenvalue weighted by atomic mass is 10.1. The fourth-order valence-electron chi connectivity index (χ4n) is 2.63. The number of hydrogen-bond acceptors (Lipinski definition) is 6. The molecule has 3 heterocycles. The van der Waals surface area contributed by atoms with E-state index in [1.54, 1.807) is 12.1 Å². The Labute approximate surface area is 157 Å². The highest BCUT2D eigenvalue weighted by Gasteiger charge is 2.14. The molecule has 4 aromatic rings. The molecular weight excluding hydrogens is 364 g/mol. The molecule has 3 aromatic heterocycles. The molecule has 134 valence electrons. The van der Waals surface area contributed by atoms with Gasteiger partial charge in [-0.05, 0) is 17.7 Å². The van der Waals surface area contributed by atoms with Crippen LogP contribution in [0.3, 0.4) is 0 Å². The van der Waals surface area contributed by atoms with Gasteiger partial charge in [0, 0.05) is 10.9 Å². The number of fused-ring (bicyclic) bond motifs is 1. The Morgan fingerprint density at radius 1 is 1.26 bits per heavy atom. The normalized spacial score (nSPS) is 11.3. The molecule has 0 radical (unpaired) electrons. The van der Waals surface area contributed by atoms with Gasteiger partial charge in [-0.2, -0.15) is 5.10 Å². The Bertz CT molecular complexity index is 1160. The molecule has 0 bridgehead atoms. The van der Waals surface area contributed by atoms with E-state index in [9.17, 15) is 9.59 Å². The highest BCUT2D eigenvalue weighted by atomic mass is 32.1. The summed E-state index contributed by atoms with van der Waals surface area (Å²) in [6.45, 7) is -0.179. The number of hydrogen-bond donors (Lipinski definition) is 1. The SMILES string of the molecule is O=C(Cn1cnc2scc(-c3ccccc3)c2c1=O)N/N=C/c1ccco1. The number of aromatic nitrogens is 2. The largest absolute Gasteiger partial charge is 0.463 e. The van der Waals surface area contributed by atoms with Crippen molar-refractivity contribution in [3.63, 3.8) is 0 Å². The van der Waals surface area contributed by atoms with Crippen molar-refractivity contribution in [3.8, 4) is 11.1 Å². The lowest BCUT2D eigenvalue weighted by Gasteiger charge is -2.05. The molecule has 0 fully saturated rings. The molecule has 8 heteroatoms. The van der Waals surface area contributed by atoms with E-state index in [1.165, 1.54) is 34.7 Å². The first-order chi connectivity index (χ1) is 13.2. The van der Waals surface area contributed by atoms with Gasteiger partial charge in [-0.3, -0.25) is 14.2 Å². The Kier molecular flexibility index (Phi) is 4.63. The van der Waals surface area contributed by atoms with Gasteiger partial charge in [0.05, 0.1) is 24.2 Å². The lowest BCUT2D eigenvalue weighted by molar-refractivity contribution is -0.121. The molecular formula is C19H14N4O3S. The van der Waals surface area contributed by atoms with Crippen molar-refractivity contribution < 1.29 is 9.21 Å². The van der Waals surface area contributed by atoms with Crippen molar-refractivity contribution in [1.82, 2.24) is 15.0 Å². The predicted octanol–water partition coefficient (Wildman–Crippen LogP) is 2.87. The Morgan fingerprint density at radius 2 is 2.11 bits per heavy atom. The smallest absolute Gasteiger partial charge is 0.263 e. The molecule has 0 spiro atoms. The zero-order valence-corrected chi connectivity index (χ0v) is 14.8. The van der Waals surface area contributed by atoms with Gasteiger partial charge < -0.3 is 4.42 Å². The van der Waals surface area contributed by atoms with Gasteiger partial charge in [0.2, 0.25) is 0 Å². The van der Waals surface area contributed by atoms with Gasteiger partial charge >= 0.3 is 0 Å². The van der Waals surface area contributed by atoms with Crippen LogP contribution in [0.1, 0.15) is 5.76 Å². The summed E-state index contributed by atoms with van der Waals surface area (Å²) < 4.78 is 6.36. The van der Waals surface area contributed by atoms with Crippen LogP contribution in [0.15, 0.2) is 74.7 Å². The number of nitrogens with one attached hydrogen (secondary N) is 1. The second kappa shape index (κ2) is 7.38. The van der Waals surface area contributed by atoms with E-state index >= 15 is 0 Å². The van der Waals surface area contributed by atoms with E-state index < -0.39 is 5.91 Å². The molecule has 0 atom stereocenters. The molecule has 0 aliphatic heterocycles. The van der Waals surface area contributed by atoms with E-state index in [0.29, 0.717) is 16.0 Å². The maximum atomic E-state index is 12.9. The van der Waals surface area contributed by atoms with Gasteiger partial charge in [0.25, 0.3) is 11.5 Å². The quantitative estimate of drug-likeness (QED) is 0.427. The average molecular weight is 378 g/mol. The molecule has 0 saturated heterocycles. The van der Waals surface area contributed by atoms with Gasteiger partial charge in [0.1, 0.15) is 17.1 Å². The van der Waals surface area contributed by atoms with Crippen LogP contribution in [0.5, 0.6) is 0 Å². The summed E-state index contributed by atoms with van der Waals surface area (Å²) in [6, 6.07) is 13.1. The molecule has 27 heavy (non-hydrogen) atoms. The van der Waals surface area contributed by atoms with Gasteiger partial charge in [-0.15, -0.1) is 11.3 Å². The number of carbonyl (C=O) groups excluding carboxylic acids is 1. The zero-order valence-electron chi connectivity index (χ0n) is 14.0. The third-order valence-corrected chi connectivity index (χ3v) is 4.77. The zero-order chi connectivity index (χ0) is 18.6. The summed E-state index contributed by atoms with van der Waals surface area (Å²) in [5, 5.41) is 6.23. The molecule has 0 saturated carbocycles. The van der Waals surface area contributed by atoms with Crippen LogP contribution in [0.4, 0.5) is 0 Å². The van der Waals surface area contributed by atoms with Crippen molar-refractivity contribution >= 4 is 33.7 Å². The Morgan fingerprint density at radius 3 is 2.89 bits per heavy atom. The number of hydrazone groups is 1. The number of rotatable bonds is 5. The lowest BCUT2D eigenvalue weighted by Crippen LogP contribution is -2.30. The predicted molar refractivity (Wildman–Crippen MR) is 104 cm³/mol. The number of furan rings is 1. The molecule has 0 unspecified atom stereocenters. The minimum absolute atomic E-state index is 0.179. The van der Waals surface area contributed by atoms with Crippen molar-refractivity contribution in [2.45, 2.75) is 6.54 Å². The van der Waals surface area contributed by atoms with Crippen LogP contribution >= 0.6 is 11.3 Å². The fraction of sp³-hybridized carbons (Fsp3) is 0.0526. The number of benzene rings is 1. The van der Waals surface area contributed by atoms with Crippen LogP contribution in [-0.2, 0) is 11.3 Å². The third kappa shape index (κ3) is 3.56. The number of thiophene rings is 1. The molecule has 1 amide bonds. The van der Waals surface area contributed by atoms with E-state index in [0.717, 1.165) is 11.1 Å². The molecule has 1 aromatic carbocycles. The van der Waals surface area contributed by atoms with Crippen LogP contribution < -0.4 is 11.0 Å². The summed E-state index contributed by atoms with van der Waals surface area (Å²) in [5.41, 5.74) is 3.87. The average Bonchev–Trinajstić information content (AvgIpc) is 3.35. The van der Waals surface area contributed by atoms with E-state index in [-0.39, 0.29) is 12.1 Å². The second-order valence-corrected chi connectivity index (χ2v) is 6.54. The van der Waals surface area contributed by atoms with Gasteiger partial charge in [0.15, 0.2) is 0 Å². The first kappa shape index (κ1) is 16.9. The van der Waals surface area contributed by atoms with E-state index in [1.807, 2.05) is 35.7 Å². The van der Waals surface area contributed by atoms with E-state index in [2.05, 4.69) is 15.5 Å². The van der Waals surface area contributed by atoms with Gasteiger partial charge in [-0.1, -0.05) is 30.3 Å². The summed E-state index contributed by atoms with van der Waals surface area (Å²) >= 11 is 1.40. The summed E-state index contributed by atoms with van der Waals surface area (Å²) in [6.07, 6.45) is 4.27. The number of amides is 1. The third-order valence-electron chi connectivity index (χ3n) is 3.88. The summed E-state index contributed by atoms with van der Waals surface area (Å²) in [5.74, 6) is 0.0823. The number of nitrogens with zero attached hydrogens (tertiary/aromatic N) is 3. The minimum atomic E-state index is -0.433. The maximum absolute atomic E-state index is 12.9. The summed E-state index contributed by atoms with van der Waals surface area (Å²) in [4.78, 5) is 29.9. The topological polar surface area (TPSA) is 89.5 Å². The summed E-state index contributed by atoms with van der Waals surface area (Å²) in [7, 11) is 0. The molecule has 7 nitrogen and oxygen atoms in total. The molecule has 0 aliphatic rings. The Balaban J connectivity index is 1.58. The van der Waals surface area contributed by atoms with Crippen LogP contribution in [-0.4, -0.2) is 21.7 Å². The first-order valence-corrected chi connectivity index (χ1v) is 8.98. The highest BCUT2D eigenvalue weighted by molar-refractivity contribution is 7.17. The van der Waals surface area contributed by atoms with E-state index in [4.69, 9.17) is 4.42 Å². The van der Waals surface area contributed by atoms with Crippen molar-refractivity contribution in [3.05, 3.63) is 76.5 Å². The van der Waals surface area contributed by atoms with Crippen LogP contribution in [0.25, 0.3) is 21.3 Å². The standard InChI is InChI=1S/C19H14N4O3S/c24-16(22-21-9-14-7-4-8-26-14)10-23-12-20-18-17(19(23)25)15(11-27-18)13-5-2-1-3-6-13/h1-9,11-12H,10H2,(H,22,24)/b21-9+. The van der Waals surface area contributed by atoms with Crippen molar-refractivity contribution in [2.24, 2.45) is 5.10 Å². The molecule has 4 rings (SSSR count). The monoisotopic (exact) mass is 378 g/mol. The molecule has 1 N–H and O–H groups in total. The van der Waals surface area contributed by atoms with Crippen molar-refractivity contribution in [2.75, 3.05) is 0 Å². The minimum Gasteiger partial charge on any atom is -0.463 e. The van der Waals surface area contributed by atoms with Gasteiger partial charge in [-0.25, -0.2) is 10.4 Å². The highest BCUT2D eigenvalue weighted by Crippen LogP contribution is 2.30. The Hall–Kier alpha value is -3.52. The van der Waals surface area contributed by atoms with Crippen LogP contribution in [0.2, 0.25) is 0 Å². The fourth-order valence-corrected chi connectivity index (χ4v) is 3.54. The first-order valence-electron chi connectivity index (χ1n) is 8.10. The molecule has 0 aliphatic carbocycles. The number of carbonyl (C=O) groups is 1. The maximum Gasteiger partial charge on any atom is 0.263 e. The van der Waals surface area contributed by atoms with Crippen LogP contribution in [0, 0.1) is 0 Å². The van der Waals surface area contributed by atoms with Crippen molar-refractivity contribution in [1.29, 1.82) is 0 Å². The second-order valence-electron chi connectivity index (χ2n) is 5.68.